The summed E-state index contributed by atoms with van der Waals surface area (Å²) in [6.07, 6.45) is 0. The van der Waals surface area contributed by atoms with Crippen LogP contribution in [0.15, 0.2) is 176 Å². The lowest BCUT2D eigenvalue weighted by molar-refractivity contribution is -0.931. The van der Waals surface area contributed by atoms with Crippen molar-refractivity contribution in [2.24, 2.45) is 0 Å². The zero-order valence-electron chi connectivity index (χ0n) is 33.5. The van der Waals surface area contributed by atoms with E-state index in [2.05, 4.69) is 213 Å². The molecular weight excluding hydrogens is 743 g/mol. The normalized spacial score (nSPS) is 17.2. The van der Waals surface area contributed by atoms with Crippen LogP contribution < -0.4 is 14.0 Å². The first-order valence-corrected chi connectivity index (χ1v) is 21.5. The first-order chi connectivity index (χ1) is 30.0. The molecule has 4 aromatic heterocycles. The second-order valence-corrected chi connectivity index (χ2v) is 18.1. The predicted molar refractivity (Wildman–Crippen MR) is 244 cm³/mol. The van der Waals surface area contributed by atoms with Crippen molar-refractivity contribution in [3.63, 3.8) is 0 Å². The van der Waals surface area contributed by atoms with E-state index in [1.807, 2.05) is 0 Å². The van der Waals surface area contributed by atoms with Crippen molar-refractivity contribution < 1.29 is 9.13 Å². The standard InChI is InChI=1S/C56H35N5/c1-55(2)40-21-11-14-24-44(40)59-49-30-35(33-17-7-4-8-18-33)28-47-46-27-34(32-15-5-3-6-16-32)29-48-58-43-23-13-9-19-36(43)38-25-26-45-50(52(38)58)56(60(46)48,61(47)49)51-53-39(31-41(55)54(51)59)37-20-10-12-22-42(37)57(45)53/h3-31H,1-2H3/q+2. The third-order valence-corrected chi connectivity index (χ3v) is 15.1. The topological polar surface area (TPSA) is 20.9 Å². The number of nitrogens with zero attached hydrogens (tertiary/aromatic N) is 5. The zero-order valence-corrected chi connectivity index (χ0v) is 33.5. The fraction of sp³-hybridized carbons (Fsp3) is 0.0714. The Bertz CT molecular complexity index is 3910. The smallest absolute Gasteiger partial charge is 0.308 e. The van der Waals surface area contributed by atoms with Gasteiger partial charge in [-0.15, -0.1) is 0 Å². The molecule has 5 nitrogen and oxygen atoms in total. The Hall–Kier alpha value is -7.76. The molecule has 0 N–H and O–H groups in total. The van der Waals surface area contributed by atoms with Gasteiger partial charge in [0.15, 0.2) is 22.6 Å². The quantitative estimate of drug-likeness (QED) is 0.160. The average Bonchev–Trinajstić information content (AvgIpc) is 3.94. The maximum Gasteiger partial charge on any atom is 0.319 e. The Balaban J connectivity index is 1.24. The van der Waals surface area contributed by atoms with E-state index in [9.17, 15) is 0 Å². The summed E-state index contributed by atoms with van der Waals surface area (Å²) < 4.78 is 10.7. The molecule has 0 saturated heterocycles. The van der Waals surface area contributed by atoms with Crippen molar-refractivity contribution in [2.75, 3.05) is 4.90 Å². The van der Waals surface area contributed by atoms with Gasteiger partial charge in [0.25, 0.3) is 11.6 Å². The van der Waals surface area contributed by atoms with Gasteiger partial charge in [0.2, 0.25) is 0 Å². The lowest BCUT2D eigenvalue weighted by Gasteiger charge is -2.46. The fourth-order valence-electron chi connectivity index (χ4n) is 12.7. The van der Waals surface area contributed by atoms with E-state index < -0.39 is 5.66 Å². The Morgan fingerprint density at radius 3 is 1.70 bits per heavy atom. The number of aromatic nitrogens is 4. The summed E-state index contributed by atoms with van der Waals surface area (Å²) in [4.78, 5) is 2.65. The molecule has 11 aromatic rings. The number of anilines is 3. The fourth-order valence-corrected chi connectivity index (χ4v) is 12.7. The van der Waals surface area contributed by atoms with Crippen LogP contribution >= 0.6 is 0 Å². The number of pyridine rings is 2. The van der Waals surface area contributed by atoms with E-state index in [4.69, 9.17) is 0 Å². The molecule has 1 atom stereocenters. The average molecular weight is 778 g/mol. The SMILES string of the molecule is CC1(C)c2ccccc2N2c3c1cc1c4ccccc4n4c1c3C13c5c-4ccc4c6ccccc6n(c54)-c4cc(-c5ccccc5)cc([n+]41)-c1cc(-c4ccccc4)cc2[n+]13. The molecule has 0 bridgehead atoms. The molecule has 5 aliphatic rings. The Labute approximate surface area is 350 Å². The van der Waals surface area contributed by atoms with Crippen molar-refractivity contribution in [2.45, 2.75) is 24.9 Å². The highest BCUT2D eigenvalue weighted by Crippen LogP contribution is 2.64. The molecule has 16 rings (SSSR count). The number of fused-ring (bicyclic) bond motifs is 12. The van der Waals surface area contributed by atoms with E-state index in [1.54, 1.807) is 0 Å². The summed E-state index contributed by atoms with van der Waals surface area (Å²) in [6.45, 7) is 4.89. The Morgan fingerprint density at radius 2 is 0.984 bits per heavy atom. The van der Waals surface area contributed by atoms with E-state index in [-0.39, 0.29) is 5.41 Å². The van der Waals surface area contributed by atoms with Gasteiger partial charge in [-0.3, -0.25) is 0 Å². The van der Waals surface area contributed by atoms with Gasteiger partial charge in [0, 0.05) is 50.2 Å². The number of para-hydroxylation sites is 3. The third kappa shape index (κ3) is 3.22. The lowest BCUT2D eigenvalue weighted by atomic mass is 9.69. The molecule has 0 aliphatic carbocycles. The van der Waals surface area contributed by atoms with Crippen LogP contribution in [-0.2, 0) is 11.1 Å². The minimum Gasteiger partial charge on any atom is -0.308 e. The maximum atomic E-state index is 2.76. The molecule has 0 radical (unpaired) electrons. The molecule has 282 valence electrons. The lowest BCUT2D eigenvalue weighted by Crippen LogP contribution is -2.76. The molecule has 1 spiro atoms. The van der Waals surface area contributed by atoms with Gasteiger partial charge in [-0.2, -0.15) is 18.6 Å². The first-order valence-electron chi connectivity index (χ1n) is 21.5. The van der Waals surface area contributed by atoms with Crippen molar-refractivity contribution in [1.29, 1.82) is 0 Å². The van der Waals surface area contributed by atoms with Gasteiger partial charge in [-0.25, -0.2) is 0 Å². The molecule has 0 saturated carbocycles. The highest BCUT2D eigenvalue weighted by atomic mass is 15.5. The van der Waals surface area contributed by atoms with Gasteiger partial charge >= 0.3 is 5.66 Å². The highest BCUT2D eigenvalue weighted by Gasteiger charge is 2.70. The van der Waals surface area contributed by atoms with Crippen LogP contribution in [0, 0.1) is 0 Å². The van der Waals surface area contributed by atoms with Crippen LogP contribution in [0.4, 0.5) is 17.2 Å². The summed E-state index contributed by atoms with van der Waals surface area (Å²) in [5.41, 5.74) is 20.5. The second-order valence-electron chi connectivity index (χ2n) is 18.1. The van der Waals surface area contributed by atoms with Crippen molar-refractivity contribution in [3.8, 4) is 45.1 Å². The maximum absolute atomic E-state index is 2.76. The molecule has 9 heterocycles. The van der Waals surface area contributed by atoms with Crippen LogP contribution in [-0.4, -0.2) is 9.13 Å². The summed E-state index contributed by atoms with van der Waals surface area (Å²) in [5.74, 6) is 2.36. The van der Waals surface area contributed by atoms with Gasteiger partial charge in [0.05, 0.1) is 16.7 Å². The molecular formula is C56H35N5+2. The summed E-state index contributed by atoms with van der Waals surface area (Å²) in [6, 6.07) is 66.6. The number of benzene rings is 7. The molecule has 5 aliphatic heterocycles. The predicted octanol–water partition coefficient (Wildman–Crippen LogP) is 12.1. The Kier molecular flexibility index (Phi) is 5.10. The highest BCUT2D eigenvalue weighted by molar-refractivity contribution is 6.18. The molecule has 61 heavy (non-hydrogen) atoms. The van der Waals surface area contributed by atoms with E-state index in [1.165, 1.54) is 128 Å². The Morgan fingerprint density at radius 1 is 0.410 bits per heavy atom. The number of rotatable bonds is 2. The van der Waals surface area contributed by atoms with Crippen LogP contribution in [0.3, 0.4) is 0 Å². The van der Waals surface area contributed by atoms with E-state index >= 15 is 0 Å². The summed E-state index contributed by atoms with van der Waals surface area (Å²) in [7, 11) is 0. The molecule has 0 amide bonds. The second kappa shape index (κ2) is 9.98. The van der Waals surface area contributed by atoms with Gasteiger partial charge in [0.1, 0.15) is 22.3 Å². The minimum atomic E-state index is -0.744. The summed E-state index contributed by atoms with van der Waals surface area (Å²) >= 11 is 0. The largest absolute Gasteiger partial charge is 0.319 e. The van der Waals surface area contributed by atoms with Crippen LogP contribution in [0.5, 0.6) is 0 Å². The van der Waals surface area contributed by atoms with Crippen molar-refractivity contribution in [3.05, 3.63) is 198 Å². The van der Waals surface area contributed by atoms with E-state index in [0.29, 0.717) is 0 Å². The van der Waals surface area contributed by atoms with Crippen LogP contribution in [0.25, 0.3) is 88.8 Å². The summed E-state index contributed by atoms with van der Waals surface area (Å²) in [5, 5.41) is 5.16. The van der Waals surface area contributed by atoms with Crippen LogP contribution in [0.2, 0.25) is 0 Å². The minimum absolute atomic E-state index is 0.281. The van der Waals surface area contributed by atoms with Crippen LogP contribution in [0.1, 0.15) is 36.1 Å². The zero-order chi connectivity index (χ0) is 39.7. The molecule has 1 unspecified atom stereocenters. The van der Waals surface area contributed by atoms with Gasteiger partial charge < -0.3 is 4.57 Å². The van der Waals surface area contributed by atoms with Gasteiger partial charge in [-0.1, -0.05) is 123 Å². The van der Waals surface area contributed by atoms with Crippen molar-refractivity contribution in [1.82, 2.24) is 9.13 Å². The number of hydrogen-bond acceptors (Lipinski definition) is 1. The van der Waals surface area contributed by atoms with E-state index in [0.717, 1.165) is 0 Å². The van der Waals surface area contributed by atoms with Crippen molar-refractivity contribution >= 4 is 60.8 Å². The number of hydrogen-bond donors (Lipinski definition) is 0. The molecule has 7 aromatic carbocycles. The van der Waals surface area contributed by atoms with Gasteiger partial charge in [-0.05, 0) is 76.9 Å². The third-order valence-electron chi connectivity index (χ3n) is 15.1. The first kappa shape index (κ1) is 31.2. The molecule has 5 heteroatoms. The molecule has 0 fully saturated rings. The monoisotopic (exact) mass is 777 g/mol.